The molecule has 0 unspecified atom stereocenters. The maximum absolute atomic E-state index is 15.4. The zero-order valence-corrected chi connectivity index (χ0v) is 22.1. The fraction of sp³-hybridized carbons (Fsp3) is 0.310. The molecule has 0 saturated carbocycles. The maximum atomic E-state index is 15.4. The summed E-state index contributed by atoms with van der Waals surface area (Å²) in [5.41, 5.74) is -0.477. The topological polar surface area (TPSA) is 48.5 Å². The summed E-state index contributed by atoms with van der Waals surface area (Å²) in [5, 5.41) is 3.28. The standard InChI is InChI=1S/C29H26ClF5N4O/c30-22-5-3-19(4-6-22)2-1-11-38-12-8-28(9-13-38)18-39(27(40)37-17-20-7-10-36-25(32)14-20)24-16-21(29(33,34)35)15-23(31)26(24)28/h1-7,10,14-16H,8-9,11-13,17-18H2,(H,37,40)/b2-1+. The molecule has 2 aromatic carbocycles. The van der Waals surface area contributed by atoms with E-state index in [-0.39, 0.29) is 24.3 Å². The van der Waals surface area contributed by atoms with Gasteiger partial charge in [0.05, 0.1) is 11.3 Å². The minimum atomic E-state index is -4.78. The molecule has 1 fully saturated rings. The number of nitrogens with one attached hydrogen (secondary N) is 1. The summed E-state index contributed by atoms with van der Waals surface area (Å²) in [6.45, 7) is 1.79. The van der Waals surface area contributed by atoms with Crippen LogP contribution in [-0.4, -0.2) is 42.1 Å². The molecular formula is C29H26ClF5N4O. The van der Waals surface area contributed by atoms with Crippen molar-refractivity contribution < 1.29 is 26.7 Å². The number of amides is 2. The first kappa shape index (κ1) is 28.0. The average molecular weight is 577 g/mol. The number of fused-ring (bicyclic) bond motifs is 2. The molecule has 3 heterocycles. The van der Waals surface area contributed by atoms with Crippen LogP contribution >= 0.6 is 11.6 Å². The van der Waals surface area contributed by atoms with Crippen LogP contribution in [0.2, 0.25) is 5.02 Å². The normalized spacial score (nSPS) is 17.0. The molecule has 1 saturated heterocycles. The highest BCUT2D eigenvalue weighted by Crippen LogP contribution is 2.50. The van der Waals surface area contributed by atoms with Crippen molar-refractivity contribution >= 4 is 29.4 Å². The third kappa shape index (κ3) is 5.97. The summed E-state index contributed by atoms with van der Waals surface area (Å²) in [6.07, 6.45) is 1.40. The number of benzene rings is 2. The van der Waals surface area contributed by atoms with Gasteiger partial charge in [-0.25, -0.2) is 14.2 Å². The number of aromatic nitrogens is 1. The van der Waals surface area contributed by atoms with Gasteiger partial charge in [0.15, 0.2) is 0 Å². The number of halogens is 6. The Balaban J connectivity index is 1.34. The van der Waals surface area contributed by atoms with E-state index >= 15 is 4.39 Å². The van der Waals surface area contributed by atoms with Crippen molar-refractivity contribution in [1.82, 2.24) is 15.2 Å². The summed E-state index contributed by atoms with van der Waals surface area (Å²) >= 11 is 5.93. The first-order chi connectivity index (χ1) is 19.0. The van der Waals surface area contributed by atoms with Gasteiger partial charge in [-0.15, -0.1) is 0 Å². The highest BCUT2D eigenvalue weighted by Gasteiger charge is 2.49. The monoisotopic (exact) mass is 576 g/mol. The zero-order chi connectivity index (χ0) is 28.5. The van der Waals surface area contributed by atoms with Crippen molar-refractivity contribution in [3.63, 3.8) is 0 Å². The van der Waals surface area contributed by atoms with Crippen LogP contribution < -0.4 is 10.2 Å². The first-order valence-electron chi connectivity index (χ1n) is 12.8. The summed E-state index contributed by atoms with van der Waals surface area (Å²) in [4.78, 5) is 20.0. The van der Waals surface area contributed by atoms with Gasteiger partial charge in [-0.05, 0) is 73.5 Å². The van der Waals surface area contributed by atoms with Gasteiger partial charge in [-0.2, -0.15) is 17.6 Å². The molecule has 5 rings (SSSR count). The third-order valence-corrected chi connectivity index (χ3v) is 7.77. The molecule has 11 heteroatoms. The van der Waals surface area contributed by atoms with Gasteiger partial charge in [0.25, 0.3) is 0 Å². The van der Waals surface area contributed by atoms with Crippen LogP contribution in [0, 0.1) is 11.8 Å². The van der Waals surface area contributed by atoms with Crippen LogP contribution in [0.5, 0.6) is 0 Å². The first-order valence-corrected chi connectivity index (χ1v) is 13.1. The van der Waals surface area contributed by atoms with Gasteiger partial charge < -0.3 is 5.32 Å². The van der Waals surface area contributed by atoms with E-state index in [1.54, 1.807) is 12.1 Å². The predicted octanol–water partition coefficient (Wildman–Crippen LogP) is 6.81. The highest BCUT2D eigenvalue weighted by molar-refractivity contribution is 6.30. The second-order valence-electron chi connectivity index (χ2n) is 10.1. The van der Waals surface area contributed by atoms with E-state index < -0.39 is 35.0 Å². The fourth-order valence-electron chi connectivity index (χ4n) is 5.45. The molecule has 1 spiro atoms. The SMILES string of the molecule is O=C(NCc1ccnc(F)c1)N1CC2(CCN(C/C=C/c3ccc(Cl)cc3)CC2)c2c(F)cc(C(F)(F)F)cc21. The number of anilines is 1. The van der Waals surface area contributed by atoms with Crippen molar-refractivity contribution in [2.45, 2.75) is 31.0 Å². The molecule has 0 atom stereocenters. The number of nitrogens with zero attached hydrogens (tertiary/aromatic N) is 3. The number of hydrogen-bond acceptors (Lipinski definition) is 3. The lowest BCUT2D eigenvalue weighted by atomic mass is 9.74. The highest BCUT2D eigenvalue weighted by atomic mass is 35.5. The smallest absolute Gasteiger partial charge is 0.334 e. The Bertz CT molecular complexity index is 1420. The Hall–Kier alpha value is -3.50. The molecule has 1 aromatic heterocycles. The molecule has 210 valence electrons. The molecule has 2 aliphatic heterocycles. The number of pyridine rings is 1. The molecule has 0 radical (unpaired) electrons. The van der Waals surface area contributed by atoms with Gasteiger partial charge in [0.2, 0.25) is 5.95 Å². The van der Waals surface area contributed by atoms with Crippen LogP contribution in [0.3, 0.4) is 0 Å². The van der Waals surface area contributed by atoms with Crippen LogP contribution in [0.25, 0.3) is 6.08 Å². The minimum Gasteiger partial charge on any atom is -0.334 e. The van der Waals surface area contributed by atoms with Crippen molar-refractivity contribution in [3.8, 4) is 0 Å². The maximum Gasteiger partial charge on any atom is 0.416 e. The predicted molar refractivity (Wildman–Crippen MR) is 143 cm³/mol. The van der Waals surface area contributed by atoms with Crippen LogP contribution in [0.4, 0.5) is 32.4 Å². The van der Waals surface area contributed by atoms with Crippen molar-refractivity contribution in [2.24, 2.45) is 0 Å². The number of piperidine rings is 1. The largest absolute Gasteiger partial charge is 0.416 e. The van der Waals surface area contributed by atoms with E-state index in [0.717, 1.165) is 17.7 Å². The van der Waals surface area contributed by atoms with Gasteiger partial charge in [-0.1, -0.05) is 35.9 Å². The van der Waals surface area contributed by atoms with Gasteiger partial charge in [0, 0.05) is 41.8 Å². The molecule has 5 nitrogen and oxygen atoms in total. The summed E-state index contributed by atoms with van der Waals surface area (Å²) in [5.74, 6) is -1.68. The lowest BCUT2D eigenvalue weighted by molar-refractivity contribution is -0.137. The number of carbonyl (C=O) groups excluding carboxylic acids is 1. The Morgan fingerprint density at radius 3 is 2.48 bits per heavy atom. The van der Waals surface area contributed by atoms with E-state index in [0.29, 0.717) is 49.1 Å². The molecule has 2 amide bonds. The molecule has 3 aromatic rings. The molecule has 0 bridgehead atoms. The van der Waals surface area contributed by atoms with Gasteiger partial charge >= 0.3 is 12.2 Å². The molecular weight excluding hydrogens is 551 g/mol. The Kier molecular flexibility index (Phi) is 7.83. The average Bonchev–Trinajstić information content (AvgIpc) is 3.23. The Labute approximate surface area is 233 Å². The van der Waals surface area contributed by atoms with E-state index in [9.17, 15) is 22.4 Å². The van der Waals surface area contributed by atoms with Crippen LogP contribution in [0.15, 0.2) is 60.8 Å². The second-order valence-corrected chi connectivity index (χ2v) is 10.6. The van der Waals surface area contributed by atoms with Crippen LogP contribution in [0.1, 0.15) is 35.1 Å². The molecule has 1 N–H and O–H groups in total. The van der Waals surface area contributed by atoms with E-state index in [1.807, 2.05) is 24.3 Å². The van der Waals surface area contributed by atoms with Gasteiger partial charge in [0.1, 0.15) is 5.82 Å². The van der Waals surface area contributed by atoms with E-state index in [1.165, 1.54) is 17.2 Å². The van der Waals surface area contributed by atoms with Crippen molar-refractivity contribution in [1.29, 1.82) is 0 Å². The Morgan fingerprint density at radius 1 is 1.07 bits per heavy atom. The summed E-state index contributed by atoms with van der Waals surface area (Å²) in [7, 11) is 0. The number of carbonyl (C=O) groups is 1. The quantitative estimate of drug-likeness (QED) is 0.268. The van der Waals surface area contributed by atoms with Crippen molar-refractivity contribution in [2.75, 3.05) is 31.1 Å². The lowest BCUT2D eigenvalue weighted by Gasteiger charge is -2.39. The number of urea groups is 1. The number of likely N-dealkylation sites (tertiary alicyclic amines) is 1. The lowest BCUT2D eigenvalue weighted by Crippen LogP contribution is -2.47. The van der Waals surface area contributed by atoms with E-state index in [2.05, 4.69) is 15.2 Å². The molecule has 2 aliphatic rings. The van der Waals surface area contributed by atoms with Crippen molar-refractivity contribution in [3.05, 3.63) is 99.8 Å². The summed E-state index contributed by atoms with van der Waals surface area (Å²) < 4.78 is 69.6. The number of rotatable bonds is 5. The second kappa shape index (κ2) is 11.2. The third-order valence-electron chi connectivity index (χ3n) is 7.52. The number of alkyl halides is 3. The number of hydrogen-bond donors (Lipinski definition) is 1. The molecule has 40 heavy (non-hydrogen) atoms. The summed E-state index contributed by atoms with van der Waals surface area (Å²) in [6, 6.07) is 10.8. The van der Waals surface area contributed by atoms with Crippen LogP contribution in [-0.2, 0) is 18.1 Å². The zero-order valence-electron chi connectivity index (χ0n) is 21.3. The Morgan fingerprint density at radius 2 is 1.80 bits per heavy atom. The molecule has 0 aliphatic carbocycles. The van der Waals surface area contributed by atoms with Gasteiger partial charge in [-0.3, -0.25) is 9.80 Å². The fourth-order valence-corrected chi connectivity index (χ4v) is 5.58. The minimum absolute atomic E-state index is 0.0472. The van der Waals surface area contributed by atoms with E-state index in [4.69, 9.17) is 11.6 Å².